The van der Waals surface area contributed by atoms with Crippen LogP contribution in [0.3, 0.4) is 0 Å². The highest BCUT2D eigenvalue weighted by atomic mass is 16.6. The fraction of sp³-hybridized carbons (Fsp3) is 0.237. The smallest absolute Gasteiger partial charge is 0.213 e. The predicted octanol–water partition coefficient (Wildman–Crippen LogP) is 7.49. The first-order valence-corrected chi connectivity index (χ1v) is 15.0. The van der Waals surface area contributed by atoms with Crippen molar-refractivity contribution in [3.8, 4) is 5.88 Å². The van der Waals surface area contributed by atoms with Crippen LogP contribution in [0, 0.1) is 0 Å². The molecular formula is C38H37NO5. The third kappa shape index (κ3) is 8.18. The van der Waals surface area contributed by atoms with Crippen LogP contribution < -0.4 is 4.74 Å². The molecule has 6 heteroatoms. The third-order valence-corrected chi connectivity index (χ3v) is 7.59. The van der Waals surface area contributed by atoms with Crippen molar-refractivity contribution in [2.24, 2.45) is 0 Å². The molecule has 1 saturated heterocycles. The van der Waals surface area contributed by atoms with Gasteiger partial charge in [-0.3, -0.25) is 0 Å². The average molecular weight is 588 g/mol. The van der Waals surface area contributed by atoms with Crippen molar-refractivity contribution < 1.29 is 23.7 Å². The number of benzene rings is 4. The SMILES string of the molecule is c1ccc(COC[C@H]2O[C@@H](c3ccc(OCc4ccccc4)nc3)[C@H](OCc3ccccc3)[C@@H]2OCc2ccccc2)cc1. The molecule has 4 aromatic carbocycles. The number of pyridine rings is 1. The van der Waals surface area contributed by atoms with Gasteiger partial charge in [-0.05, 0) is 28.3 Å². The lowest BCUT2D eigenvalue weighted by Gasteiger charge is -2.25. The molecule has 1 aliphatic heterocycles. The molecule has 0 bridgehead atoms. The van der Waals surface area contributed by atoms with Crippen molar-refractivity contribution in [3.63, 3.8) is 0 Å². The van der Waals surface area contributed by atoms with Gasteiger partial charge < -0.3 is 23.7 Å². The van der Waals surface area contributed by atoms with Crippen molar-refractivity contribution in [1.82, 2.24) is 4.98 Å². The van der Waals surface area contributed by atoms with Crippen LogP contribution in [0.1, 0.15) is 33.9 Å². The molecule has 0 spiro atoms. The van der Waals surface area contributed by atoms with Gasteiger partial charge in [0.25, 0.3) is 0 Å². The van der Waals surface area contributed by atoms with Gasteiger partial charge in [-0.2, -0.15) is 0 Å². The van der Waals surface area contributed by atoms with Gasteiger partial charge in [0, 0.05) is 17.8 Å². The Bertz CT molecular complexity index is 1520. The minimum absolute atomic E-state index is 0.345. The van der Waals surface area contributed by atoms with Crippen LogP contribution in [0.2, 0.25) is 0 Å². The van der Waals surface area contributed by atoms with E-state index in [-0.39, 0.29) is 18.3 Å². The average Bonchev–Trinajstić information content (AvgIpc) is 3.44. The standard InChI is InChI=1S/C38H37NO5/c1-5-13-29(14-6-1)24-40-28-34-37(42-26-31-17-9-3-10-18-31)38(43-27-32-19-11-4-12-20-32)36(44-34)33-21-22-35(39-23-33)41-25-30-15-7-2-8-16-30/h1-23,34,36-38H,24-28H2/t34-,36+,37-,38+/m1/s1. The fourth-order valence-corrected chi connectivity index (χ4v) is 5.29. The van der Waals surface area contributed by atoms with Crippen LogP contribution in [-0.2, 0) is 45.4 Å². The Morgan fingerprint density at radius 1 is 0.523 bits per heavy atom. The first-order chi connectivity index (χ1) is 21.8. The second-order valence-electron chi connectivity index (χ2n) is 10.8. The molecule has 0 radical (unpaired) electrons. The molecule has 0 unspecified atom stereocenters. The normalized spacial score (nSPS) is 19.5. The van der Waals surface area contributed by atoms with E-state index in [9.17, 15) is 0 Å². The Balaban J connectivity index is 1.21. The molecule has 4 atom stereocenters. The summed E-state index contributed by atoms with van der Waals surface area (Å²) in [6, 6.07) is 44.4. The lowest BCUT2D eigenvalue weighted by atomic mass is 10.0. The van der Waals surface area contributed by atoms with Gasteiger partial charge in [0.15, 0.2) is 0 Å². The maximum atomic E-state index is 6.70. The molecule has 0 aliphatic carbocycles. The van der Waals surface area contributed by atoms with Crippen LogP contribution in [0.4, 0.5) is 0 Å². The Morgan fingerprint density at radius 2 is 1.02 bits per heavy atom. The minimum atomic E-state index is -0.402. The first kappa shape index (κ1) is 29.7. The molecule has 0 N–H and O–H groups in total. The van der Waals surface area contributed by atoms with E-state index >= 15 is 0 Å². The first-order valence-electron chi connectivity index (χ1n) is 15.0. The highest BCUT2D eigenvalue weighted by Gasteiger charge is 2.47. The van der Waals surface area contributed by atoms with Crippen molar-refractivity contribution in [2.75, 3.05) is 6.61 Å². The summed E-state index contributed by atoms with van der Waals surface area (Å²) in [5, 5.41) is 0. The zero-order valence-electron chi connectivity index (χ0n) is 24.6. The summed E-state index contributed by atoms with van der Waals surface area (Å²) in [6.07, 6.45) is 0.309. The third-order valence-electron chi connectivity index (χ3n) is 7.59. The van der Waals surface area contributed by atoms with Gasteiger partial charge in [0.1, 0.15) is 31.0 Å². The molecule has 224 valence electrons. The van der Waals surface area contributed by atoms with Gasteiger partial charge >= 0.3 is 0 Å². The molecule has 0 amide bonds. The summed E-state index contributed by atoms with van der Waals surface area (Å²) >= 11 is 0. The minimum Gasteiger partial charge on any atom is -0.473 e. The summed E-state index contributed by atoms with van der Waals surface area (Å²) < 4.78 is 32.0. The van der Waals surface area contributed by atoms with E-state index in [4.69, 9.17) is 23.7 Å². The van der Waals surface area contributed by atoms with Gasteiger partial charge in [-0.15, -0.1) is 0 Å². The van der Waals surface area contributed by atoms with Crippen molar-refractivity contribution in [2.45, 2.75) is 50.8 Å². The number of rotatable bonds is 14. The predicted molar refractivity (Wildman–Crippen MR) is 169 cm³/mol. The van der Waals surface area contributed by atoms with Crippen LogP contribution in [0.25, 0.3) is 0 Å². The summed E-state index contributed by atoms with van der Waals surface area (Å²) in [6.45, 7) is 2.17. The lowest BCUT2D eigenvalue weighted by molar-refractivity contribution is -0.0898. The van der Waals surface area contributed by atoms with E-state index in [1.807, 2.05) is 103 Å². The molecule has 1 fully saturated rings. The molecule has 5 aromatic rings. The Morgan fingerprint density at radius 3 is 1.55 bits per heavy atom. The highest BCUT2D eigenvalue weighted by molar-refractivity contribution is 5.24. The van der Waals surface area contributed by atoms with Gasteiger partial charge in [0.2, 0.25) is 5.88 Å². The molecule has 1 aliphatic rings. The van der Waals surface area contributed by atoms with E-state index in [0.29, 0.717) is 38.9 Å². The second-order valence-corrected chi connectivity index (χ2v) is 10.8. The van der Waals surface area contributed by atoms with Crippen LogP contribution in [0.5, 0.6) is 5.88 Å². The van der Waals surface area contributed by atoms with E-state index in [1.54, 1.807) is 0 Å². The Hall–Kier alpha value is -4.33. The molecule has 44 heavy (non-hydrogen) atoms. The van der Waals surface area contributed by atoms with E-state index < -0.39 is 6.10 Å². The summed E-state index contributed by atoms with van der Waals surface area (Å²) in [5.41, 5.74) is 5.26. The quantitative estimate of drug-likeness (QED) is 0.134. The molecular weight excluding hydrogens is 550 g/mol. The number of hydrogen-bond acceptors (Lipinski definition) is 6. The van der Waals surface area contributed by atoms with Crippen molar-refractivity contribution in [3.05, 3.63) is 167 Å². The fourth-order valence-electron chi connectivity index (χ4n) is 5.29. The monoisotopic (exact) mass is 587 g/mol. The summed E-state index contributed by atoms with van der Waals surface area (Å²) in [4.78, 5) is 4.61. The van der Waals surface area contributed by atoms with Gasteiger partial charge in [-0.1, -0.05) is 121 Å². The molecule has 2 heterocycles. The Kier molecular flexibility index (Phi) is 10.4. The second kappa shape index (κ2) is 15.4. The topological polar surface area (TPSA) is 59.0 Å². The summed E-state index contributed by atoms with van der Waals surface area (Å²) in [5.74, 6) is 0.553. The molecule has 1 aromatic heterocycles. The molecule has 0 saturated carbocycles. The molecule has 6 nitrogen and oxygen atoms in total. The zero-order valence-corrected chi connectivity index (χ0v) is 24.6. The number of aromatic nitrogens is 1. The van der Waals surface area contributed by atoms with Crippen molar-refractivity contribution >= 4 is 0 Å². The summed E-state index contributed by atoms with van der Waals surface area (Å²) in [7, 11) is 0. The van der Waals surface area contributed by atoms with Crippen LogP contribution in [0.15, 0.2) is 140 Å². The number of nitrogens with zero attached hydrogens (tertiary/aromatic N) is 1. The zero-order chi connectivity index (χ0) is 29.8. The van der Waals surface area contributed by atoms with E-state index in [2.05, 4.69) is 41.4 Å². The van der Waals surface area contributed by atoms with Crippen LogP contribution >= 0.6 is 0 Å². The van der Waals surface area contributed by atoms with Crippen molar-refractivity contribution in [1.29, 1.82) is 0 Å². The largest absolute Gasteiger partial charge is 0.473 e. The van der Waals surface area contributed by atoms with Gasteiger partial charge in [0.05, 0.1) is 26.4 Å². The molecule has 6 rings (SSSR count). The Labute approximate surface area is 259 Å². The maximum absolute atomic E-state index is 6.70. The lowest BCUT2D eigenvalue weighted by Crippen LogP contribution is -2.37. The van der Waals surface area contributed by atoms with Gasteiger partial charge in [-0.25, -0.2) is 4.98 Å². The van der Waals surface area contributed by atoms with E-state index in [1.165, 1.54) is 0 Å². The number of ether oxygens (including phenoxy) is 5. The van der Waals surface area contributed by atoms with Crippen LogP contribution in [-0.4, -0.2) is 29.9 Å². The van der Waals surface area contributed by atoms with E-state index in [0.717, 1.165) is 27.8 Å². The number of hydrogen-bond donors (Lipinski definition) is 0. The maximum Gasteiger partial charge on any atom is 0.213 e. The highest BCUT2D eigenvalue weighted by Crippen LogP contribution is 2.38.